The first-order valence-electron chi connectivity index (χ1n) is 9.01. The topological polar surface area (TPSA) is 78.4 Å². The molecule has 0 aliphatic carbocycles. The maximum Gasteiger partial charge on any atom is 0.224 e. The van der Waals surface area contributed by atoms with Crippen molar-refractivity contribution in [2.45, 2.75) is 26.7 Å². The van der Waals surface area contributed by atoms with Crippen molar-refractivity contribution in [2.24, 2.45) is 4.99 Å². The summed E-state index contributed by atoms with van der Waals surface area (Å²) < 4.78 is 13.1. The number of nitrogens with zero attached hydrogens (tertiary/aromatic N) is 2. The Balaban J connectivity index is 1.68. The van der Waals surface area contributed by atoms with E-state index in [0.29, 0.717) is 31.2 Å². The van der Waals surface area contributed by atoms with E-state index in [1.54, 1.807) is 23.5 Å². The van der Waals surface area contributed by atoms with Crippen LogP contribution in [0.25, 0.3) is 0 Å². The van der Waals surface area contributed by atoms with E-state index >= 15 is 0 Å². The molecule has 1 aromatic carbocycles. The smallest absolute Gasteiger partial charge is 0.224 e. The van der Waals surface area contributed by atoms with E-state index in [4.69, 9.17) is 0 Å². The van der Waals surface area contributed by atoms with Gasteiger partial charge >= 0.3 is 0 Å². The predicted molar refractivity (Wildman–Crippen MR) is 108 cm³/mol. The van der Waals surface area contributed by atoms with Crippen LogP contribution in [0.5, 0.6) is 0 Å². The van der Waals surface area contributed by atoms with Gasteiger partial charge in [0.1, 0.15) is 5.82 Å². The minimum absolute atomic E-state index is 0.136. The molecule has 1 heterocycles. The third-order valence-corrected chi connectivity index (χ3v) is 4.46. The van der Waals surface area contributed by atoms with Gasteiger partial charge in [0.05, 0.1) is 17.1 Å². The minimum Gasteiger partial charge on any atom is -0.357 e. The van der Waals surface area contributed by atoms with Crippen molar-refractivity contribution in [3.63, 3.8) is 0 Å². The fourth-order valence-electron chi connectivity index (χ4n) is 2.42. The molecule has 8 heteroatoms. The Morgan fingerprint density at radius 3 is 2.78 bits per heavy atom. The van der Waals surface area contributed by atoms with Crippen LogP contribution in [-0.4, -0.2) is 43.0 Å². The van der Waals surface area contributed by atoms with Gasteiger partial charge < -0.3 is 16.0 Å². The Morgan fingerprint density at radius 2 is 2.07 bits per heavy atom. The molecule has 2 aromatic rings. The highest BCUT2D eigenvalue weighted by Crippen LogP contribution is 2.08. The number of guanidine groups is 1. The van der Waals surface area contributed by atoms with E-state index in [1.165, 1.54) is 12.1 Å². The first-order valence-corrected chi connectivity index (χ1v) is 9.89. The molecule has 0 spiro atoms. The van der Waals surface area contributed by atoms with Crippen molar-refractivity contribution in [3.8, 4) is 0 Å². The maximum atomic E-state index is 13.1. The number of halogens is 1. The standard InChI is InChI=1S/C19H26FN5OS/c1-3-21-19(23-8-7-17-13-27-14(2)25-17)24-10-9-22-18(26)12-15-5-4-6-16(20)11-15/h4-6,11,13H,3,7-10,12H2,1-2H3,(H,22,26)(H2,21,23,24). The molecular weight excluding hydrogens is 365 g/mol. The second kappa shape index (κ2) is 11.3. The van der Waals surface area contributed by atoms with Crippen LogP contribution in [0.15, 0.2) is 34.6 Å². The third-order valence-electron chi connectivity index (χ3n) is 3.64. The van der Waals surface area contributed by atoms with Crippen LogP contribution >= 0.6 is 11.3 Å². The fraction of sp³-hybridized carbons (Fsp3) is 0.421. The zero-order valence-corrected chi connectivity index (χ0v) is 16.5. The Hall–Kier alpha value is -2.48. The first kappa shape index (κ1) is 20.8. The van der Waals surface area contributed by atoms with Crippen LogP contribution in [0.3, 0.4) is 0 Å². The normalized spacial score (nSPS) is 11.3. The van der Waals surface area contributed by atoms with Crippen molar-refractivity contribution >= 4 is 23.2 Å². The quantitative estimate of drug-likeness (QED) is 0.347. The van der Waals surface area contributed by atoms with Gasteiger partial charge in [-0.1, -0.05) is 12.1 Å². The second-order valence-electron chi connectivity index (χ2n) is 5.95. The Morgan fingerprint density at radius 1 is 1.26 bits per heavy atom. The summed E-state index contributed by atoms with van der Waals surface area (Å²) in [7, 11) is 0. The molecule has 0 unspecified atom stereocenters. The number of benzene rings is 1. The summed E-state index contributed by atoms with van der Waals surface area (Å²) >= 11 is 1.64. The highest BCUT2D eigenvalue weighted by atomic mass is 32.1. The van der Waals surface area contributed by atoms with Crippen LogP contribution in [0.1, 0.15) is 23.2 Å². The molecule has 3 N–H and O–H groups in total. The summed E-state index contributed by atoms with van der Waals surface area (Å²) in [4.78, 5) is 20.9. The monoisotopic (exact) mass is 391 g/mol. The number of aromatic nitrogens is 1. The molecule has 0 saturated heterocycles. The lowest BCUT2D eigenvalue weighted by atomic mass is 10.1. The fourth-order valence-corrected chi connectivity index (χ4v) is 3.07. The number of hydrogen-bond acceptors (Lipinski definition) is 4. The van der Waals surface area contributed by atoms with Gasteiger partial charge in [-0.15, -0.1) is 11.3 Å². The van der Waals surface area contributed by atoms with Gasteiger partial charge in [0.15, 0.2) is 5.96 Å². The molecule has 0 radical (unpaired) electrons. The molecule has 0 aliphatic rings. The molecule has 0 bridgehead atoms. The number of carbonyl (C=O) groups excluding carboxylic acids is 1. The van der Waals surface area contributed by atoms with Gasteiger partial charge in [-0.05, 0) is 31.5 Å². The van der Waals surface area contributed by atoms with E-state index < -0.39 is 0 Å². The van der Waals surface area contributed by atoms with Crippen molar-refractivity contribution in [1.82, 2.24) is 20.9 Å². The number of aliphatic imine (C=N–C) groups is 1. The van der Waals surface area contributed by atoms with Crippen LogP contribution in [0, 0.1) is 12.7 Å². The van der Waals surface area contributed by atoms with Gasteiger partial charge in [-0.3, -0.25) is 9.79 Å². The lowest BCUT2D eigenvalue weighted by Gasteiger charge is -2.12. The second-order valence-corrected chi connectivity index (χ2v) is 7.01. The van der Waals surface area contributed by atoms with Crippen molar-refractivity contribution in [2.75, 3.05) is 26.2 Å². The average molecular weight is 392 g/mol. The number of rotatable bonds is 9. The number of carbonyl (C=O) groups is 1. The zero-order chi connectivity index (χ0) is 19.5. The highest BCUT2D eigenvalue weighted by molar-refractivity contribution is 7.09. The Bertz CT molecular complexity index is 762. The summed E-state index contributed by atoms with van der Waals surface area (Å²) in [6, 6.07) is 6.08. The largest absolute Gasteiger partial charge is 0.357 e. The van der Waals surface area contributed by atoms with Crippen molar-refractivity contribution < 1.29 is 9.18 Å². The van der Waals surface area contributed by atoms with Gasteiger partial charge in [-0.25, -0.2) is 9.37 Å². The molecular formula is C19H26FN5OS. The van der Waals surface area contributed by atoms with Crippen LogP contribution in [0.2, 0.25) is 0 Å². The number of hydrogen-bond donors (Lipinski definition) is 3. The molecule has 1 aromatic heterocycles. The highest BCUT2D eigenvalue weighted by Gasteiger charge is 2.04. The zero-order valence-electron chi connectivity index (χ0n) is 15.7. The van der Waals surface area contributed by atoms with Gasteiger partial charge in [-0.2, -0.15) is 0 Å². The van der Waals surface area contributed by atoms with E-state index in [1.807, 2.05) is 13.8 Å². The lowest BCUT2D eigenvalue weighted by Crippen LogP contribution is -2.41. The molecule has 0 aliphatic heterocycles. The summed E-state index contributed by atoms with van der Waals surface area (Å²) in [6.07, 6.45) is 0.963. The van der Waals surface area contributed by atoms with Gasteiger partial charge in [0.2, 0.25) is 5.91 Å². The molecule has 0 saturated carbocycles. The molecule has 146 valence electrons. The summed E-state index contributed by atoms with van der Waals surface area (Å²) in [5, 5.41) is 12.3. The molecule has 1 amide bonds. The molecule has 2 rings (SSSR count). The molecule has 0 fully saturated rings. The Labute approximate surface area is 163 Å². The molecule has 0 atom stereocenters. The van der Waals surface area contributed by atoms with Crippen molar-refractivity contribution in [3.05, 3.63) is 51.7 Å². The van der Waals surface area contributed by atoms with E-state index in [0.717, 1.165) is 23.7 Å². The van der Waals surface area contributed by atoms with Crippen LogP contribution in [0.4, 0.5) is 4.39 Å². The Kier molecular flexibility index (Phi) is 8.70. The number of thiazole rings is 1. The van der Waals surface area contributed by atoms with Crippen LogP contribution in [-0.2, 0) is 17.6 Å². The molecule has 6 nitrogen and oxygen atoms in total. The number of amides is 1. The van der Waals surface area contributed by atoms with E-state index in [-0.39, 0.29) is 18.1 Å². The number of aryl methyl sites for hydroxylation is 1. The first-order chi connectivity index (χ1) is 13.1. The van der Waals surface area contributed by atoms with Crippen molar-refractivity contribution in [1.29, 1.82) is 0 Å². The third kappa shape index (κ3) is 8.17. The summed E-state index contributed by atoms with van der Waals surface area (Å²) in [5.74, 6) is 0.244. The predicted octanol–water partition coefficient (Wildman–Crippen LogP) is 2.05. The van der Waals surface area contributed by atoms with Crippen LogP contribution < -0.4 is 16.0 Å². The van der Waals surface area contributed by atoms with E-state index in [2.05, 4.69) is 31.3 Å². The van der Waals surface area contributed by atoms with Gasteiger partial charge in [0.25, 0.3) is 0 Å². The summed E-state index contributed by atoms with van der Waals surface area (Å²) in [6.45, 7) is 6.41. The molecule has 27 heavy (non-hydrogen) atoms. The summed E-state index contributed by atoms with van der Waals surface area (Å²) in [5.41, 5.74) is 1.72. The lowest BCUT2D eigenvalue weighted by molar-refractivity contribution is -0.120. The van der Waals surface area contributed by atoms with E-state index in [9.17, 15) is 9.18 Å². The maximum absolute atomic E-state index is 13.1. The number of nitrogens with one attached hydrogen (secondary N) is 3. The minimum atomic E-state index is -0.332. The van der Waals surface area contributed by atoms with Gasteiger partial charge in [0, 0.05) is 38.0 Å². The SMILES string of the molecule is CCNC(=NCCc1csc(C)n1)NCCNC(=O)Cc1cccc(F)c1. The average Bonchev–Trinajstić information content (AvgIpc) is 3.04.